The molecule has 10 atom stereocenters. The fraction of sp³-hybridized carbons (Fsp3) is 0.466. The first-order chi connectivity index (χ1) is 40.7. The van der Waals surface area contributed by atoms with Gasteiger partial charge in [0, 0.05) is 54.8 Å². The number of phenolic OH excluding ortho intramolecular Hbond substituents is 2. The van der Waals surface area contributed by atoms with Crippen LogP contribution in [0.1, 0.15) is 48.4 Å². The maximum atomic E-state index is 14.9. The number of nitrogens with one attached hydrogen (secondary N) is 8. The van der Waals surface area contributed by atoms with Gasteiger partial charge in [0.2, 0.25) is 41.4 Å². The number of carbonyl (C=O) groups excluding carboxylic acids is 7. The number of unbranched alkanes of at least 4 members (excludes halogenated alkanes) is 1. The lowest BCUT2D eigenvalue weighted by molar-refractivity contribution is -0.136. The van der Waals surface area contributed by atoms with Crippen LogP contribution >= 0.6 is 33.2 Å². The number of aromatic hydroxyl groups is 2. The normalized spacial score (nSPS) is 22.7. The molecule has 6 rings (SSSR count). The number of anilines is 1. The number of rotatable bonds is 22. The molecule has 7 amide bonds. The first kappa shape index (κ1) is 67.4. The summed E-state index contributed by atoms with van der Waals surface area (Å²) >= 11 is 6.10. The second kappa shape index (κ2) is 34.4. The largest absolute Gasteiger partial charge is 0.508 e. The minimum absolute atomic E-state index is 0.00739. The van der Waals surface area contributed by atoms with Gasteiger partial charge < -0.3 is 79.6 Å². The van der Waals surface area contributed by atoms with Crippen LogP contribution in [0.4, 0.5) is 5.69 Å². The molecular weight excluding hydrogens is 1160 g/mol. The summed E-state index contributed by atoms with van der Waals surface area (Å²) in [6.45, 7) is 5.94. The molecule has 0 aliphatic carbocycles. The van der Waals surface area contributed by atoms with Crippen LogP contribution in [0, 0.1) is 0 Å². The Kier molecular flexibility index (Phi) is 27.3. The van der Waals surface area contributed by atoms with Crippen molar-refractivity contribution in [2.24, 2.45) is 17.2 Å². The molecule has 18 N–H and O–H groups in total. The number of halogens is 1. The third kappa shape index (κ3) is 22.6. The molecule has 27 heteroatoms. The molecule has 2 heterocycles. The molecule has 462 valence electrons. The van der Waals surface area contributed by atoms with Gasteiger partial charge in [0.05, 0.1) is 37.4 Å². The maximum Gasteiger partial charge on any atom is 0.245 e. The van der Waals surface area contributed by atoms with Crippen molar-refractivity contribution in [2.45, 2.75) is 113 Å². The number of nitrogens with zero attached hydrogens (tertiary/aromatic N) is 1. The van der Waals surface area contributed by atoms with Crippen LogP contribution < -0.4 is 59.7 Å². The standard InChI is InChI=1S/C58H79ClN12O12S2/c1-34(72)50-58(82)69-49(56(80)65-45(51(62)75)29-37-9-17-41(73)18-10-37)33-85-84-32-48(68-52(76)43(61)28-35-5-13-39(59)14-6-35)57(81)67-47(31-38-11-19-42(74)20-12-38)55(79)66-46(54(78)64-44(53(77)70-50)4-2-3-21-60)30-36-7-15-40(16-8-36)63-22-23-71-24-26-83-27-25-71/h5-20,34,43-50,55,63,66,72-74,79H,2-4,21-33,60-61H2,1H3,(H2,62,75)(H,64,78)(H,65,80)(H,67,81)(H,68,76)(H,69,82)(H,70,77)/t34-,43+,44+,45-,46-,47+,48-,49+,50+,55?/m1/s1. The number of aliphatic hydroxyl groups is 2. The Morgan fingerprint density at radius 1 is 0.741 bits per heavy atom. The number of ether oxygens (including phenoxy) is 1. The summed E-state index contributed by atoms with van der Waals surface area (Å²) < 4.78 is 5.47. The Morgan fingerprint density at radius 3 is 1.96 bits per heavy atom. The van der Waals surface area contributed by atoms with E-state index in [-0.39, 0.29) is 61.7 Å². The highest BCUT2D eigenvalue weighted by Crippen LogP contribution is 2.25. The molecule has 2 fully saturated rings. The van der Waals surface area contributed by atoms with E-state index in [1.165, 1.54) is 43.3 Å². The van der Waals surface area contributed by atoms with E-state index in [4.69, 9.17) is 33.5 Å². The van der Waals surface area contributed by atoms with Crippen LogP contribution in [-0.4, -0.2) is 185 Å². The van der Waals surface area contributed by atoms with Gasteiger partial charge in [-0.1, -0.05) is 81.7 Å². The average molecular weight is 1240 g/mol. The minimum Gasteiger partial charge on any atom is -0.508 e. The number of benzene rings is 4. The van der Waals surface area contributed by atoms with Crippen LogP contribution in [-0.2, 0) is 64.0 Å². The number of nitrogens with two attached hydrogens (primary N) is 3. The van der Waals surface area contributed by atoms with Crippen LogP contribution in [0.3, 0.4) is 0 Å². The molecule has 2 saturated heterocycles. The van der Waals surface area contributed by atoms with Crippen LogP contribution in [0.2, 0.25) is 5.02 Å². The van der Waals surface area contributed by atoms with Crippen molar-refractivity contribution in [3.05, 3.63) is 124 Å². The van der Waals surface area contributed by atoms with Crippen molar-refractivity contribution in [3.63, 3.8) is 0 Å². The van der Waals surface area contributed by atoms with Crippen molar-refractivity contribution < 1.29 is 58.7 Å². The van der Waals surface area contributed by atoms with Gasteiger partial charge in [-0.3, -0.25) is 43.8 Å². The molecule has 0 aromatic heterocycles. The number of morpholine rings is 1. The van der Waals surface area contributed by atoms with E-state index >= 15 is 0 Å². The highest BCUT2D eigenvalue weighted by Gasteiger charge is 2.37. The Morgan fingerprint density at radius 2 is 1.33 bits per heavy atom. The molecule has 2 aliphatic rings. The van der Waals surface area contributed by atoms with E-state index in [2.05, 4.69) is 47.4 Å². The third-order valence-electron chi connectivity index (χ3n) is 14.2. The summed E-state index contributed by atoms with van der Waals surface area (Å²) in [5.74, 6) is -6.58. The Hall–Kier alpha value is -6.72. The topological polar surface area (TPSA) is 387 Å². The second-order valence-corrected chi connectivity index (χ2v) is 24.0. The van der Waals surface area contributed by atoms with Crippen molar-refractivity contribution in [3.8, 4) is 11.5 Å². The van der Waals surface area contributed by atoms with E-state index in [1.807, 2.05) is 12.1 Å². The van der Waals surface area contributed by atoms with Gasteiger partial charge in [-0.15, -0.1) is 0 Å². The van der Waals surface area contributed by atoms with Crippen molar-refractivity contribution in [2.75, 3.05) is 62.8 Å². The van der Waals surface area contributed by atoms with Crippen LogP contribution in [0.25, 0.3) is 0 Å². The zero-order valence-corrected chi connectivity index (χ0v) is 49.6. The minimum atomic E-state index is -1.73. The molecule has 0 bridgehead atoms. The lowest BCUT2D eigenvalue weighted by Gasteiger charge is -2.32. The summed E-state index contributed by atoms with van der Waals surface area (Å²) in [5, 5.41) is 66.5. The number of primary amides is 1. The number of amides is 7. The highest BCUT2D eigenvalue weighted by atomic mass is 35.5. The SMILES string of the molecule is C[C@@H](O)[C@@H]1NC(=O)[C@H](CCCCN)NC(=O)[C@@H](Cc2ccc(NCCN3CCOCC3)cc2)NC(O)[C@H](Cc2ccc(O)cc2)NC(=O)[C@H](NC(=O)[C@@H](N)Cc2ccc(Cl)cc2)CSSC[C@@H](C(=O)N[C@H](Cc2ccc(O)cc2)C(N)=O)NC1=O. The van der Waals surface area contributed by atoms with Crippen molar-refractivity contribution >= 4 is 80.2 Å². The number of hydrogen-bond donors (Lipinski definition) is 15. The molecule has 1 unspecified atom stereocenters. The number of hydrogen-bond acceptors (Lipinski definition) is 19. The fourth-order valence-electron chi connectivity index (χ4n) is 9.30. The van der Waals surface area contributed by atoms with E-state index in [0.29, 0.717) is 59.9 Å². The molecule has 85 heavy (non-hydrogen) atoms. The summed E-state index contributed by atoms with van der Waals surface area (Å²) in [6.07, 6.45) is -2.74. The van der Waals surface area contributed by atoms with Crippen LogP contribution in [0.5, 0.6) is 11.5 Å². The Balaban J connectivity index is 1.36. The zero-order chi connectivity index (χ0) is 61.4. The van der Waals surface area contributed by atoms with Gasteiger partial charge in [0.25, 0.3) is 0 Å². The van der Waals surface area contributed by atoms with Gasteiger partial charge in [-0.2, -0.15) is 0 Å². The summed E-state index contributed by atoms with van der Waals surface area (Å²) in [4.78, 5) is 102. The summed E-state index contributed by atoms with van der Waals surface area (Å²) in [5.41, 5.74) is 21.2. The Labute approximate surface area is 507 Å². The molecular formula is C58H79ClN12O12S2. The molecule has 0 radical (unpaired) electrons. The van der Waals surface area contributed by atoms with Crippen molar-refractivity contribution in [1.29, 1.82) is 0 Å². The van der Waals surface area contributed by atoms with Gasteiger partial charge in [-0.25, -0.2) is 0 Å². The Bertz CT molecular complexity index is 2810. The molecule has 4 aromatic carbocycles. The predicted molar refractivity (Wildman–Crippen MR) is 326 cm³/mol. The summed E-state index contributed by atoms with van der Waals surface area (Å²) in [7, 11) is 1.99. The first-order valence-electron chi connectivity index (χ1n) is 28.1. The first-order valence-corrected chi connectivity index (χ1v) is 31.0. The molecule has 2 aliphatic heterocycles. The van der Waals surface area contributed by atoms with E-state index in [0.717, 1.165) is 46.9 Å². The van der Waals surface area contributed by atoms with Gasteiger partial charge >= 0.3 is 0 Å². The molecule has 4 aromatic rings. The van der Waals surface area contributed by atoms with Gasteiger partial charge in [-0.05, 0) is 123 Å². The molecule has 0 spiro atoms. The highest BCUT2D eigenvalue weighted by molar-refractivity contribution is 8.76. The number of phenols is 2. The lowest BCUT2D eigenvalue weighted by Crippen LogP contribution is -2.63. The smallest absolute Gasteiger partial charge is 0.245 e. The van der Waals surface area contributed by atoms with Gasteiger partial charge in [0.1, 0.15) is 47.9 Å². The predicted octanol–water partition coefficient (Wildman–Crippen LogP) is -0.331. The monoisotopic (exact) mass is 1230 g/mol. The van der Waals surface area contributed by atoms with E-state index in [9.17, 15) is 54.0 Å². The third-order valence-corrected chi connectivity index (χ3v) is 16.9. The van der Waals surface area contributed by atoms with Crippen molar-refractivity contribution in [1.82, 2.24) is 42.1 Å². The molecule has 24 nitrogen and oxygen atoms in total. The zero-order valence-electron chi connectivity index (χ0n) is 47.3. The quantitative estimate of drug-likeness (QED) is 0.0354. The van der Waals surface area contributed by atoms with E-state index < -0.39 is 102 Å². The average Bonchev–Trinajstić information content (AvgIpc) is 3.67. The number of aliphatic hydroxyl groups excluding tert-OH is 2. The number of carbonyl (C=O) groups is 7. The van der Waals surface area contributed by atoms with E-state index in [1.54, 1.807) is 48.5 Å². The van der Waals surface area contributed by atoms with Gasteiger partial charge in [0.15, 0.2) is 0 Å². The lowest BCUT2D eigenvalue weighted by atomic mass is 10.00. The molecule has 0 saturated carbocycles. The summed E-state index contributed by atoms with van der Waals surface area (Å²) in [6, 6.07) is 14.8. The second-order valence-electron chi connectivity index (χ2n) is 21.0. The fourth-order valence-corrected chi connectivity index (χ4v) is 11.8. The maximum absolute atomic E-state index is 14.9. The van der Waals surface area contributed by atoms with Crippen LogP contribution in [0.15, 0.2) is 97.1 Å².